The van der Waals surface area contributed by atoms with Crippen LogP contribution in [0, 0.1) is 5.82 Å². The molecule has 1 aliphatic heterocycles. The van der Waals surface area contributed by atoms with Gasteiger partial charge in [-0.25, -0.2) is 4.39 Å². The van der Waals surface area contributed by atoms with E-state index in [2.05, 4.69) is 5.32 Å². The first kappa shape index (κ1) is 17.0. The third kappa shape index (κ3) is 4.15. The number of benzene rings is 2. The van der Waals surface area contributed by atoms with Crippen molar-refractivity contribution >= 4 is 23.2 Å². The molecule has 0 aromatic heterocycles. The van der Waals surface area contributed by atoms with Crippen LogP contribution in [0.25, 0.3) is 0 Å². The Balaban J connectivity index is 1.65. The molecule has 5 nitrogen and oxygen atoms in total. The van der Waals surface area contributed by atoms with Gasteiger partial charge in [-0.3, -0.25) is 9.59 Å². The number of hydrogen-bond acceptors (Lipinski definition) is 3. The average molecular weight is 342 g/mol. The van der Waals surface area contributed by atoms with E-state index in [0.717, 1.165) is 5.56 Å². The van der Waals surface area contributed by atoms with Gasteiger partial charge in [0.05, 0.1) is 12.2 Å². The van der Waals surface area contributed by atoms with Crippen LogP contribution in [0.15, 0.2) is 42.5 Å². The number of nitrogens with zero attached hydrogens (tertiary/aromatic N) is 1. The maximum absolute atomic E-state index is 13.2. The van der Waals surface area contributed by atoms with Crippen LogP contribution in [0.4, 0.5) is 15.8 Å². The fraction of sp³-hybridized carbons (Fsp3) is 0.263. The Kier molecular flexibility index (Phi) is 4.97. The summed E-state index contributed by atoms with van der Waals surface area (Å²) in [4.78, 5) is 25.5. The fourth-order valence-electron chi connectivity index (χ4n) is 2.80. The van der Waals surface area contributed by atoms with E-state index in [9.17, 15) is 14.0 Å². The highest BCUT2D eigenvalue weighted by atomic mass is 19.1. The van der Waals surface area contributed by atoms with Crippen LogP contribution in [0.1, 0.15) is 18.9 Å². The molecule has 0 unspecified atom stereocenters. The van der Waals surface area contributed by atoms with Crippen molar-refractivity contribution in [1.82, 2.24) is 0 Å². The Morgan fingerprint density at radius 2 is 2.08 bits per heavy atom. The van der Waals surface area contributed by atoms with Gasteiger partial charge in [0.25, 0.3) is 0 Å². The number of ether oxygens (including phenoxy) is 1. The molecule has 0 fully saturated rings. The molecule has 2 amide bonds. The SMILES string of the molecule is CC(=O)N1CCOc2ccc(NC(=O)CCc3cccc(F)c3)cc21. The molecule has 0 saturated heterocycles. The van der Waals surface area contributed by atoms with Gasteiger partial charge in [0.1, 0.15) is 18.2 Å². The van der Waals surface area contributed by atoms with Gasteiger partial charge >= 0.3 is 0 Å². The maximum atomic E-state index is 13.2. The van der Waals surface area contributed by atoms with Crippen LogP contribution in [-0.2, 0) is 16.0 Å². The predicted molar refractivity (Wildman–Crippen MR) is 93.3 cm³/mol. The smallest absolute Gasteiger partial charge is 0.224 e. The Morgan fingerprint density at radius 1 is 1.24 bits per heavy atom. The number of halogens is 1. The number of amides is 2. The number of carbonyl (C=O) groups excluding carboxylic acids is 2. The summed E-state index contributed by atoms with van der Waals surface area (Å²) in [6.45, 7) is 2.44. The van der Waals surface area contributed by atoms with E-state index >= 15 is 0 Å². The molecule has 25 heavy (non-hydrogen) atoms. The highest BCUT2D eigenvalue weighted by Crippen LogP contribution is 2.34. The van der Waals surface area contributed by atoms with Crippen molar-refractivity contribution in [2.75, 3.05) is 23.4 Å². The monoisotopic (exact) mass is 342 g/mol. The van der Waals surface area contributed by atoms with Crippen molar-refractivity contribution in [2.45, 2.75) is 19.8 Å². The second kappa shape index (κ2) is 7.34. The van der Waals surface area contributed by atoms with Crippen LogP contribution in [0.5, 0.6) is 5.75 Å². The maximum Gasteiger partial charge on any atom is 0.224 e. The van der Waals surface area contributed by atoms with Gasteiger partial charge < -0.3 is 15.0 Å². The number of rotatable bonds is 4. The average Bonchev–Trinajstić information content (AvgIpc) is 2.59. The van der Waals surface area contributed by atoms with Gasteiger partial charge in [0.2, 0.25) is 11.8 Å². The van der Waals surface area contributed by atoms with Gasteiger partial charge in [-0.05, 0) is 42.3 Å². The van der Waals surface area contributed by atoms with Gasteiger partial charge in [-0.2, -0.15) is 0 Å². The molecule has 3 rings (SSSR count). The van der Waals surface area contributed by atoms with E-state index in [4.69, 9.17) is 4.74 Å². The van der Waals surface area contributed by atoms with Gasteiger partial charge in [0, 0.05) is 19.0 Å². The molecule has 6 heteroatoms. The first-order valence-corrected chi connectivity index (χ1v) is 8.12. The molecule has 1 N–H and O–H groups in total. The minimum absolute atomic E-state index is 0.0702. The quantitative estimate of drug-likeness (QED) is 0.929. The second-order valence-electron chi connectivity index (χ2n) is 5.88. The van der Waals surface area contributed by atoms with E-state index < -0.39 is 0 Å². The summed E-state index contributed by atoms with van der Waals surface area (Å²) in [5.41, 5.74) is 2.03. The number of anilines is 2. The van der Waals surface area contributed by atoms with Crippen molar-refractivity contribution < 1.29 is 18.7 Å². The van der Waals surface area contributed by atoms with E-state index in [-0.39, 0.29) is 24.1 Å². The molecule has 2 aromatic rings. The zero-order valence-corrected chi connectivity index (χ0v) is 13.9. The summed E-state index contributed by atoms with van der Waals surface area (Å²) >= 11 is 0. The molecular formula is C19H19FN2O3. The fourth-order valence-corrected chi connectivity index (χ4v) is 2.80. The second-order valence-corrected chi connectivity index (χ2v) is 5.88. The van der Waals surface area contributed by atoms with Crippen LogP contribution >= 0.6 is 0 Å². The molecule has 1 aliphatic rings. The molecular weight excluding hydrogens is 323 g/mol. The van der Waals surface area contributed by atoms with E-state index in [1.165, 1.54) is 19.1 Å². The van der Waals surface area contributed by atoms with Crippen LogP contribution in [0.2, 0.25) is 0 Å². The Labute approximate surface area is 145 Å². The zero-order chi connectivity index (χ0) is 17.8. The molecule has 0 saturated carbocycles. The predicted octanol–water partition coefficient (Wildman–Crippen LogP) is 3.14. The van der Waals surface area contributed by atoms with Crippen molar-refractivity contribution in [3.63, 3.8) is 0 Å². The van der Waals surface area contributed by atoms with Crippen molar-refractivity contribution in [3.8, 4) is 5.75 Å². The summed E-state index contributed by atoms with van der Waals surface area (Å²) in [5, 5.41) is 2.81. The minimum atomic E-state index is -0.308. The molecule has 130 valence electrons. The summed E-state index contributed by atoms with van der Waals surface area (Å²) in [6.07, 6.45) is 0.699. The lowest BCUT2D eigenvalue weighted by atomic mass is 10.1. The van der Waals surface area contributed by atoms with Crippen LogP contribution < -0.4 is 15.0 Å². The number of carbonyl (C=O) groups is 2. The summed E-state index contributed by atoms with van der Waals surface area (Å²) < 4.78 is 18.7. The molecule has 0 atom stereocenters. The molecule has 0 spiro atoms. The summed E-state index contributed by atoms with van der Waals surface area (Å²) in [7, 11) is 0. The Bertz CT molecular complexity index is 807. The number of nitrogens with one attached hydrogen (secondary N) is 1. The van der Waals surface area contributed by atoms with E-state index in [1.54, 1.807) is 35.2 Å². The van der Waals surface area contributed by atoms with Crippen molar-refractivity contribution in [3.05, 3.63) is 53.8 Å². The van der Waals surface area contributed by atoms with Crippen LogP contribution in [-0.4, -0.2) is 25.0 Å². The van der Waals surface area contributed by atoms with Crippen molar-refractivity contribution in [2.24, 2.45) is 0 Å². The third-order valence-electron chi connectivity index (χ3n) is 4.02. The zero-order valence-electron chi connectivity index (χ0n) is 13.9. The number of hydrogen-bond donors (Lipinski definition) is 1. The topological polar surface area (TPSA) is 58.6 Å². The van der Waals surface area contributed by atoms with Crippen LogP contribution in [0.3, 0.4) is 0 Å². The minimum Gasteiger partial charge on any atom is -0.490 e. The van der Waals surface area contributed by atoms with Crippen molar-refractivity contribution in [1.29, 1.82) is 0 Å². The molecule has 0 radical (unpaired) electrons. The van der Waals surface area contributed by atoms with Gasteiger partial charge in [-0.15, -0.1) is 0 Å². The molecule has 0 aliphatic carbocycles. The lowest BCUT2D eigenvalue weighted by Gasteiger charge is -2.29. The lowest BCUT2D eigenvalue weighted by Crippen LogP contribution is -2.36. The van der Waals surface area contributed by atoms with E-state index in [1.807, 2.05) is 0 Å². The van der Waals surface area contributed by atoms with E-state index in [0.29, 0.717) is 36.7 Å². The highest BCUT2D eigenvalue weighted by molar-refractivity contribution is 5.96. The van der Waals surface area contributed by atoms with Gasteiger partial charge in [0.15, 0.2) is 0 Å². The molecule has 2 aromatic carbocycles. The van der Waals surface area contributed by atoms with Gasteiger partial charge in [-0.1, -0.05) is 12.1 Å². The highest BCUT2D eigenvalue weighted by Gasteiger charge is 2.21. The molecule has 0 bridgehead atoms. The first-order chi connectivity index (χ1) is 12.0. The third-order valence-corrected chi connectivity index (χ3v) is 4.02. The number of aryl methyl sites for hydroxylation is 1. The Morgan fingerprint density at radius 3 is 2.84 bits per heavy atom. The Hall–Kier alpha value is -2.89. The molecule has 1 heterocycles. The lowest BCUT2D eigenvalue weighted by molar-refractivity contribution is -0.117. The normalized spacial score (nSPS) is 13.0. The summed E-state index contributed by atoms with van der Waals surface area (Å²) in [6, 6.07) is 11.4. The largest absolute Gasteiger partial charge is 0.490 e. The first-order valence-electron chi connectivity index (χ1n) is 8.12. The standard InChI is InChI=1S/C19H19FN2O3/c1-13(23)22-9-10-25-18-7-6-16(12-17(18)22)21-19(24)8-5-14-3-2-4-15(20)11-14/h2-4,6-7,11-12H,5,8-10H2,1H3,(H,21,24). The number of fused-ring (bicyclic) bond motifs is 1. The summed E-state index contributed by atoms with van der Waals surface area (Å²) in [5.74, 6) is 0.0746.